The van der Waals surface area contributed by atoms with E-state index in [0.717, 1.165) is 6.92 Å². The summed E-state index contributed by atoms with van der Waals surface area (Å²) in [5, 5.41) is 127. The number of carbonyl (C=O) groups is 1. The average molecular weight is 722 g/mol. The first-order valence-corrected chi connectivity index (χ1v) is 15.5. The van der Waals surface area contributed by atoms with Crippen LogP contribution in [0.5, 0.6) is 0 Å². The van der Waals surface area contributed by atoms with Crippen LogP contribution in [0, 0.1) is 0 Å². The first-order chi connectivity index (χ1) is 23.2. The fraction of sp³-hybridized carbons (Fsp3) is 0.963. The molecule has 0 spiro atoms. The summed E-state index contributed by atoms with van der Waals surface area (Å²) in [4.78, 5) is 12.2. The van der Waals surface area contributed by atoms with Crippen LogP contribution in [-0.2, 0) is 42.7 Å². The molecule has 1 amide bonds. The first kappa shape index (κ1) is 40.4. The second-order valence-corrected chi connectivity index (χ2v) is 12.1. The molecule has 4 fully saturated rings. The second-order valence-electron chi connectivity index (χ2n) is 12.1. The Balaban J connectivity index is 1.56. The highest BCUT2D eigenvalue weighted by atomic mass is 16.8. The second kappa shape index (κ2) is 17.5. The van der Waals surface area contributed by atoms with Gasteiger partial charge in [-0.05, 0) is 0 Å². The standard InChI is InChI=1S/C27H47NO21/c1-7(33)28-12-15(36)21(47-26-18(39)16(37)13(34)8(3-29)43-26)10(5-31)45-24(12)49-23-14(35)9(4-30)44-27(20(23)41)48-22-11(6-32)46-25(42-2)19(40)17(22)38/h8-27,29-32,34-41H,3-6H2,1-2H3,(H,28,33)/t8-,9-,10-,11-,12+,13+,14+,15-,16+,17-,18-,19-,20-,21-,22-,23+,24+,25+,26+,27+/m1/s1. The number of carbonyl (C=O) groups excluding carboxylic acids is 1. The lowest BCUT2D eigenvalue weighted by Gasteiger charge is -2.50. The quantitative estimate of drug-likeness (QED) is 0.0889. The summed E-state index contributed by atoms with van der Waals surface area (Å²) in [5.41, 5.74) is 0. The van der Waals surface area contributed by atoms with Gasteiger partial charge in [-0.25, -0.2) is 0 Å². The molecule has 0 aromatic carbocycles. The van der Waals surface area contributed by atoms with Crippen molar-refractivity contribution in [1.82, 2.24) is 5.32 Å². The normalized spacial score (nSPS) is 49.4. The number of aliphatic hydroxyl groups is 12. The molecule has 22 heteroatoms. The lowest BCUT2D eigenvalue weighted by molar-refractivity contribution is -0.380. The highest BCUT2D eigenvalue weighted by molar-refractivity contribution is 5.73. The highest BCUT2D eigenvalue weighted by Crippen LogP contribution is 2.34. The van der Waals surface area contributed by atoms with Gasteiger partial charge >= 0.3 is 0 Å². The largest absolute Gasteiger partial charge is 0.394 e. The van der Waals surface area contributed by atoms with Crippen molar-refractivity contribution in [3.63, 3.8) is 0 Å². The number of rotatable bonds is 12. The zero-order valence-corrected chi connectivity index (χ0v) is 26.4. The molecule has 286 valence electrons. The molecule has 20 atom stereocenters. The molecule has 22 nitrogen and oxygen atoms in total. The van der Waals surface area contributed by atoms with Crippen molar-refractivity contribution in [2.24, 2.45) is 0 Å². The van der Waals surface area contributed by atoms with E-state index in [2.05, 4.69) is 5.32 Å². The topological polar surface area (TPSA) is 346 Å². The molecule has 49 heavy (non-hydrogen) atoms. The van der Waals surface area contributed by atoms with Crippen LogP contribution in [0.25, 0.3) is 0 Å². The molecule has 4 rings (SSSR count). The van der Waals surface area contributed by atoms with Crippen molar-refractivity contribution in [2.45, 2.75) is 130 Å². The zero-order chi connectivity index (χ0) is 36.3. The van der Waals surface area contributed by atoms with Gasteiger partial charge < -0.3 is 104 Å². The summed E-state index contributed by atoms with van der Waals surface area (Å²) in [7, 11) is 1.18. The third kappa shape index (κ3) is 8.50. The summed E-state index contributed by atoms with van der Waals surface area (Å²) < 4.78 is 44.1. The van der Waals surface area contributed by atoms with Crippen molar-refractivity contribution in [3.05, 3.63) is 0 Å². The van der Waals surface area contributed by atoms with Gasteiger partial charge in [-0.15, -0.1) is 0 Å². The molecule has 0 saturated carbocycles. The molecule has 4 saturated heterocycles. The Labute approximate surface area is 278 Å². The van der Waals surface area contributed by atoms with Crippen LogP contribution in [0.2, 0.25) is 0 Å². The van der Waals surface area contributed by atoms with Crippen LogP contribution in [0.4, 0.5) is 0 Å². The number of aliphatic hydroxyl groups excluding tert-OH is 12. The maximum atomic E-state index is 12.2. The van der Waals surface area contributed by atoms with Crippen LogP contribution < -0.4 is 5.32 Å². The van der Waals surface area contributed by atoms with Crippen molar-refractivity contribution in [1.29, 1.82) is 0 Å². The first-order valence-electron chi connectivity index (χ1n) is 15.5. The summed E-state index contributed by atoms with van der Waals surface area (Å²) in [5.74, 6) is -0.743. The lowest BCUT2D eigenvalue weighted by atomic mass is 9.94. The van der Waals surface area contributed by atoms with Gasteiger partial charge in [0.25, 0.3) is 0 Å². The minimum absolute atomic E-state index is 0.743. The van der Waals surface area contributed by atoms with Crippen molar-refractivity contribution in [2.75, 3.05) is 33.5 Å². The van der Waals surface area contributed by atoms with E-state index in [0.29, 0.717) is 0 Å². The molecule has 0 unspecified atom stereocenters. The Morgan fingerprint density at radius 3 is 1.45 bits per heavy atom. The molecule has 4 aliphatic rings. The van der Waals surface area contributed by atoms with E-state index >= 15 is 0 Å². The number of hydrogen-bond donors (Lipinski definition) is 13. The smallest absolute Gasteiger partial charge is 0.217 e. The van der Waals surface area contributed by atoms with E-state index in [4.69, 9.17) is 37.9 Å². The lowest BCUT2D eigenvalue weighted by Crippen LogP contribution is -2.69. The average Bonchev–Trinajstić information content (AvgIpc) is 3.08. The molecule has 0 aromatic heterocycles. The third-order valence-corrected chi connectivity index (χ3v) is 8.82. The summed E-state index contributed by atoms with van der Waals surface area (Å²) in [6.07, 6.45) is -32.1. The van der Waals surface area contributed by atoms with Crippen LogP contribution in [-0.4, -0.2) is 223 Å². The fourth-order valence-electron chi connectivity index (χ4n) is 6.13. The maximum absolute atomic E-state index is 12.2. The maximum Gasteiger partial charge on any atom is 0.217 e. The predicted molar refractivity (Wildman–Crippen MR) is 150 cm³/mol. The van der Waals surface area contributed by atoms with Gasteiger partial charge in [0, 0.05) is 14.0 Å². The van der Waals surface area contributed by atoms with Gasteiger partial charge in [0.05, 0.1) is 26.4 Å². The van der Waals surface area contributed by atoms with E-state index in [1.54, 1.807) is 0 Å². The Morgan fingerprint density at radius 1 is 0.510 bits per heavy atom. The number of hydrogen-bond acceptors (Lipinski definition) is 21. The number of methoxy groups -OCH3 is 1. The molecule has 13 N–H and O–H groups in total. The van der Waals surface area contributed by atoms with Gasteiger partial charge in [-0.1, -0.05) is 0 Å². The Hall–Kier alpha value is -1.33. The minimum Gasteiger partial charge on any atom is -0.394 e. The van der Waals surface area contributed by atoms with Crippen molar-refractivity contribution < 1.29 is 104 Å². The van der Waals surface area contributed by atoms with Crippen molar-refractivity contribution in [3.8, 4) is 0 Å². The van der Waals surface area contributed by atoms with E-state index < -0.39 is 155 Å². The van der Waals surface area contributed by atoms with Gasteiger partial charge in [-0.3, -0.25) is 4.79 Å². The Bertz CT molecular complexity index is 1040. The summed E-state index contributed by atoms with van der Waals surface area (Å²) in [6.45, 7) is -2.24. The van der Waals surface area contributed by atoms with Crippen LogP contribution in [0.1, 0.15) is 6.92 Å². The minimum atomic E-state index is -1.99. The molecular weight excluding hydrogens is 674 g/mol. The van der Waals surface area contributed by atoms with Gasteiger partial charge in [0.2, 0.25) is 5.91 Å². The fourth-order valence-corrected chi connectivity index (χ4v) is 6.13. The number of amides is 1. The Kier molecular flexibility index (Phi) is 14.4. The number of nitrogens with one attached hydrogen (secondary N) is 1. The molecule has 0 radical (unpaired) electrons. The molecule has 4 heterocycles. The van der Waals surface area contributed by atoms with Gasteiger partial charge in [-0.2, -0.15) is 0 Å². The van der Waals surface area contributed by atoms with Crippen LogP contribution in [0.3, 0.4) is 0 Å². The highest BCUT2D eigenvalue weighted by Gasteiger charge is 2.55. The summed E-state index contributed by atoms with van der Waals surface area (Å²) in [6, 6.07) is -1.60. The molecule has 0 bridgehead atoms. The molecule has 0 aliphatic carbocycles. The van der Waals surface area contributed by atoms with Crippen LogP contribution >= 0.6 is 0 Å². The van der Waals surface area contributed by atoms with Crippen molar-refractivity contribution >= 4 is 5.91 Å². The monoisotopic (exact) mass is 721 g/mol. The van der Waals surface area contributed by atoms with Gasteiger partial charge in [0.1, 0.15) is 97.6 Å². The van der Waals surface area contributed by atoms with E-state index in [1.807, 2.05) is 0 Å². The van der Waals surface area contributed by atoms with E-state index in [1.165, 1.54) is 7.11 Å². The van der Waals surface area contributed by atoms with E-state index in [9.17, 15) is 66.1 Å². The molecular formula is C27H47NO21. The van der Waals surface area contributed by atoms with Crippen LogP contribution in [0.15, 0.2) is 0 Å². The third-order valence-electron chi connectivity index (χ3n) is 8.82. The van der Waals surface area contributed by atoms with Gasteiger partial charge in [0.15, 0.2) is 25.2 Å². The SMILES string of the molecule is CO[C@H]1O[C@H](CO)[C@@H](O[C@@H]2O[C@H](CO)[C@H](O)[C@H](O[C@@H]3O[C@H](CO)[C@@H](O[C@@H]4O[C@H](CO)[C@H](O)[C@H](O)[C@H]4O)[C@H](O)[C@@H]3NC(C)=O)[C@H]2O)[C@H](O)[C@H]1O. The zero-order valence-electron chi connectivity index (χ0n) is 26.4. The number of ether oxygens (including phenoxy) is 8. The Morgan fingerprint density at radius 2 is 0.939 bits per heavy atom. The molecule has 0 aromatic rings. The van der Waals surface area contributed by atoms with E-state index in [-0.39, 0.29) is 0 Å². The predicted octanol–water partition coefficient (Wildman–Crippen LogP) is -8.95. The molecule has 4 aliphatic heterocycles. The summed E-state index contributed by atoms with van der Waals surface area (Å²) >= 11 is 0.